The zero-order valence-corrected chi connectivity index (χ0v) is 13.6. The Morgan fingerprint density at radius 2 is 2.09 bits per heavy atom. The summed E-state index contributed by atoms with van der Waals surface area (Å²) in [5, 5.41) is 4.42. The molecule has 122 valence electrons. The smallest absolute Gasteiger partial charge is 0.257 e. The maximum Gasteiger partial charge on any atom is 0.257 e. The highest BCUT2D eigenvalue weighted by atomic mass is 16.2. The highest BCUT2D eigenvalue weighted by Crippen LogP contribution is 2.20. The number of likely N-dealkylation sites (tertiary alicyclic amines) is 1. The van der Waals surface area contributed by atoms with Gasteiger partial charge in [-0.1, -0.05) is 30.3 Å². The van der Waals surface area contributed by atoms with Crippen molar-refractivity contribution in [3.8, 4) is 0 Å². The quantitative estimate of drug-likeness (QED) is 0.941. The van der Waals surface area contributed by atoms with Crippen LogP contribution in [0.3, 0.4) is 0 Å². The molecule has 1 amide bonds. The van der Waals surface area contributed by atoms with Gasteiger partial charge in [-0.05, 0) is 31.7 Å². The van der Waals surface area contributed by atoms with E-state index in [0.29, 0.717) is 18.7 Å². The number of carbonyl (C=O) groups excluding carboxylic acids is 1. The van der Waals surface area contributed by atoms with Gasteiger partial charge < -0.3 is 10.6 Å². The Balaban J connectivity index is 1.79. The lowest BCUT2D eigenvalue weighted by Crippen LogP contribution is -2.47. The van der Waals surface area contributed by atoms with Crippen molar-refractivity contribution in [1.82, 2.24) is 14.7 Å². The third-order valence-electron chi connectivity index (χ3n) is 4.67. The molecule has 2 aromatic rings. The summed E-state index contributed by atoms with van der Waals surface area (Å²) in [7, 11) is 0. The Bertz CT molecular complexity index is 665. The molecule has 5 nitrogen and oxygen atoms in total. The molecule has 0 spiro atoms. The van der Waals surface area contributed by atoms with Crippen LogP contribution in [0, 0.1) is 6.92 Å². The predicted octanol–water partition coefficient (Wildman–Crippen LogP) is 2.19. The summed E-state index contributed by atoms with van der Waals surface area (Å²) in [6.45, 7) is 3.97. The minimum Gasteiger partial charge on any atom is -0.334 e. The van der Waals surface area contributed by atoms with Crippen molar-refractivity contribution in [2.24, 2.45) is 5.73 Å². The van der Waals surface area contributed by atoms with E-state index < -0.39 is 0 Å². The molecule has 1 fully saturated rings. The summed E-state index contributed by atoms with van der Waals surface area (Å²) >= 11 is 0. The lowest BCUT2D eigenvalue weighted by atomic mass is 10.0. The van der Waals surface area contributed by atoms with Crippen LogP contribution in [0.5, 0.6) is 0 Å². The van der Waals surface area contributed by atoms with Crippen LogP contribution in [0.2, 0.25) is 0 Å². The SMILES string of the molecule is Cc1c(C(=O)N2CCCCC2CN)cnn1Cc1ccccc1. The number of amides is 1. The van der Waals surface area contributed by atoms with Crippen molar-refractivity contribution in [3.05, 3.63) is 53.3 Å². The standard InChI is InChI=1S/C18H24N4O/c1-14-17(18(23)21-10-6-5-9-16(21)11-19)12-20-22(14)13-15-7-3-2-4-8-15/h2-4,7-8,12,16H,5-6,9-11,13,19H2,1H3. The zero-order valence-electron chi connectivity index (χ0n) is 13.6. The van der Waals surface area contributed by atoms with Gasteiger partial charge in [0.1, 0.15) is 0 Å². The second-order valence-electron chi connectivity index (χ2n) is 6.17. The lowest BCUT2D eigenvalue weighted by Gasteiger charge is -2.35. The van der Waals surface area contributed by atoms with Crippen molar-refractivity contribution in [3.63, 3.8) is 0 Å². The Morgan fingerprint density at radius 1 is 1.30 bits per heavy atom. The Hall–Kier alpha value is -2.14. The van der Waals surface area contributed by atoms with E-state index in [9.17, 15) is 4.79 Å². The fourth-order valence-electron chi connectivity index (χ4n) is 3.24. The topological polar surface area (TPSA) is 64.2 Å². The van der Waals surface area contributed by atoms with E-state index in [1.54, 1.807) is 6.20 Å². The summed E-state index contributed by atoms with van der Waals surface area (Å²) in [5.41, 5.74) is 8.63. The molecule has 1 aromatic carbocycles. The highest BCUT2D eigenvalue weighted by Gasteiger charge is 2.28. The molecule has 0 bridgehead atoms. The Labute approximate surface area is 137 Å². The lowest BCUT2D eigenvalue weighted by molar-refractivity contribution is 0.0622. The molecular weight excluding hydrogens is 288 g/mol. The molecule has 23 heavy (non-hydrogen) atoms. The third kappa shape index (κ3) is 3.29. The number of nitrogens with two attached hydrogens (primary N) is 1. The van der Waals surface area contributed by atoms with E-state index in [4.69, 9.17) is 5.73 Å². The Kier molecular flexibility index (Phi) is 4.76. The van der Waals surface area contributed by atoms with Gasteiger partial charge >= 0.3 is 0 Å². The van der Waals surface area contributed by atoms with E-state index in [1.807, 2.05) is 34.7 Å². The average molecular weight is 312 g/mol. The fourth-order valence-corrected chi connectivity index (χ4v) is 3.24. The second kappa shape index (κ2) is 6.96. The maximum absolute atomic E-state index is 12.9. The van der Waals surface area contributed by atoms with Crippen LogP contribution < -0.4 is 5.73 Å². The number of nitrogens with zero attached hydrogens (tertiary/aromatic N) is 3. The number of carbonyl (C=O) groups is 1. The van der Waals surface area contributed by atoms with E-state index in [-0.39, 0.29) is 11.9 Å². The van der Waals surface area contributed by atoms with Crippen molar-refractivity contribution < 1.29 is 4.79 Å². The normalized spacial score (nSPS) is 18.2. The van der Waals surface area contributed by atoms with Crippen LogP contribution >= 0.6 is 0 Å². The summed E-state index contributed by atoms with van der Waals surface area (Å²) in [6, 6.07) is 10.3. The first-order chi connectivity index (χ1) is 11.2. The highest BCUT2D eigenvalue weighted by molar-refractivity contribution is 5.95. The molecule has 1 saturated heterocycles. The van der Waals surface area contributed by atoms with Gasteiger partial charge in [0.15, 0.2) is 0 Å². The van der Waals surface area contributed by atoms with Crippen molar-refractivity contribution in [2.75, 3.05) is 13.1 Å². The summed E-state index contributed by atoms with van der Waals surface area (Å²) in [6.07, 6.45) is 4.90. The number of rotatable bonds is 4. The predicted molar refractivity (Wildman–Crippen MR) is 90.2 cm³/mol. The molecule has 0 radical (unpaired) electrons. The molecule has 2 N–H and O–H groups in total. The van der Waals surface area contributed by atoms with Crippen LogP contribution in [0.4, 0.5) is 0 Å². The van der Waals surface area contributed by atoms with Gasteiger partial charge in [-0.2, -0.15) is 5.10 Å². The van der Waals surface area contributed by atoms with Crippen LogP contribution in [0.15, 0.2) is 36.5 Å². The Morgan fingerprint density at radius 3 is 2.83 bits per heavy atom. The van der Waals surface area contributed by atoms with Crippen molar-refractivity contribution >= 4 is 5.91 Å². The third-order valence-corrected chi connectivity index (χ3v) is 4.67. The number of aromatic nitrogens is 2. The first-order valence-electron chi connectivity index (χ1n) is 8.28. The monoisotopic (exact) mass is 312 g/mol. The van der Waals surface area contributed by atoms with Crippen LogP contribution in [-0.4, -0.2) is 39.7 Å². The van der Waals surface area contributed by atoms with Gasteiger partial charge in [0.25, 0.3) is 5.91 Å². The van der Waals surface area contributed by atoms with Gasteiger partial charge in [0, 0.05) is 24.8 Å². The fraction of sp³-hybridized carbons (Fsp3) is 0.444. The second-order valence-corrected chi connectivity index (χ2v) is 6.17. The minimum atomic E-state index is 0.0666. The van der Waals surface area contributed by atoms with E-state index in [2.05, 4.69) is 17.2 Å². The van der Waals surface area contributed by atoms with Gasteiger partial charge in [-0.25, -0.2) is 0 Å². The average Bonchev–Trinajstić information content (AvgIpc) is 2.96. The molecule has 3 rings (SSSR count). The molecule has 2 heterocycles. The summed E-state index contributed by atoms with van der Waals surface area (Å²) in [4.78, 5) is 14.8. The number of hydrogen-bond donors (Lipinski definition) is 1. The van der Waals surface area contributed by atoms with Crippen LogP contribution in [-0.2, 0) is 6.54 Å². The molecular formula is C18H24N4O. The summed E-state index contributed by atoms with van der Waals surface area (Å²) < 4.78 is 1.89. The number of hydrogen-bond acceptors (Lipinski definition) is 3. The largest absolute Gasteiger partial charge is 0.334 e. The van der Waals surface area contributed by atoms with E-state index >= 15 is 0 Å². The van der Waals surface area contributed by atoms with Gasteiger partial charge in [0.2, 0.25) is 0 Å². The van der Waals surface area contributed by atoms with Crippen molar-refractivity contribution in [2.45, 2.75) is 38.8 Å². The van der Waals surface area contributed by atoms with Crippen LogP contribution in [0.1, 0.15) is 40.9 Å². The first-order valence-corrected chi connectivity index (χ1v) is 8.28. The van der Waals surface area contributed by atoms with Gasteiger partial charge in [0.05, 0.1) is 18.3 Å². The van der Waals surface area contributed by atoms with Gasteiger partial charge in [-0.15, -0.1) is 0 Å². The number of benzene rings is 1. The molecule has 1 atom stereocenters. The minimum absolute atomic E-state index is 0.0666. The first kappa shape index (κ1) is 15.7. The molecule has 0 aliphatic carbocycles. The van der Waals surface area contributed by atoms with E-state index in [0.717, 1.165) is 31.5 Å². The zero-order chi connectivity index (χ0) is 16.2. The van der Waals surface area contributed by atoms with Crippen LogP contribution in [0.25, 0.3) is 0 Å². The summed E-state index contributed by atoms with van der Waals surface area (Å²) in [5.74, 6) is 0.0666. The molecule has 1 aliphatic heterocycles. The molecule has 1 unspecified atom stereocenters. The van der Waals surface area contributed by atoms with Gasteiger partial charge in [-0.3, -0.25) is 9.48 Å². The number of piperidine rings is 1. The molecule has 5 heteroatoms. The van der Waals surface area contributed by atoms with E-state index in [1.165, 1.54) is 5.56 Å². The molecule has 1 aromatic heterocycles. The van der Waals surface area contributed by atoms with Crippen molar-refractivity contribution in [1.29, 1.82) is 0 Å². The molecule has 1 aliphatic rings. The maximum atomic E-state index is 12.9. The molecule has 0 saturated carbocycles.